The van der Waals surface area contributed by atoms with E-state index in [4.69, 9.17) is 18.9 Å². The zero-order valence-electron chi connectivity index (χ0n) is 17.3. The number of pyridine rings is 1. The predicted molar refractivity (Wildman–Crippen MR) is 109 cm³/mol. The summed E-state index contributed by atoms with van der Waals surface area (Å²) in [5.74, 6) is 0.647. The number of ether oxygens (including phenoxy) is 4. The van der Waals surface area contributed by atoms with Gasteiger partial charge in [-0.2, -0.15) is 0 Å². The van der Waals surface area contributed by atoms with E-state index in [9.17, 15) is 9.59 Å². The van der Waals surface area contributed by atoms with Gasteiger partial charge in [0.05, 0.1) is 26.0 Å². The van der Waals surface area contributed by atoms with Crippen molar-refractivity contribution in [2.45, 2.75) is 32.7 Å². The van der Waals surface area contributed by atoms with E-state index in [0.29, 0.717) is 24.7 Å². The van der Waals surface area contributed by atoms with Gasteiger partial charge in [0.2, 0.25) is 0 Å². The first-order valence-electron chi connectivity index (χ1n) is 9.80. The van der Waals surface area contributed by atoms with Crippen LogP contribution in [0.25, 0.3) is 11.3 Å². The molecule has 7 nitrogen and oxygen atoms in total. The zero-order valence-corrected chi connectivity index (χ0v) is 17.3. The fourth-order valence-electron chi connectivity index (χ4n) is 3.64. The SMILES string of the molecule is CCOC(=O)c1cn2c(cc1=O)-c1cc(OC)c(OCCOC)cc1CC2CC. The Morgan fingerprint density at radius 1 is 1.14 bits per heavy atom. The summed E-state index contributed by atoms with van der Waals surface area (Å²) in [5, 5.41) is 0. The van der Waals surface area contributed by atoms with Crippen LogP contribution in [0.15, 0.2) is 29.2 Å². The lowest BCUT2D eigenvalue weighted by Crippen LogP contribution is -2.26. The predicted octanol–water partition coefficient (Wildman–Crippen LogP) is 3.23. The highest BCUT2D eigenvalue weighted by molar-refractivity contribution is 5.89. The molecule has 0 saturated heterocycles. The number of carbonyl (C=O) groups excluding carboxylic acids is 1. The highest BCUT2D eigenvalue weighted by Gasteiger charge is 2.27. The summed E-state index contributed by atoms with van der Waals surface area (Å²) < 4.78 is 23.4. The van der Waals surface area contributed by atoms with E-state index < -0.39 is 5.97 Å². The van der Waals surface area contributed by atoms with Crippen molar-refractivity contribution in [1.29, 1.82) is 0 Å². The molecule has 2 aromatic rings. The van der Waals surface area contributed by atoms with Crippen LogP contribution in [0, 0.1) is 0 Å². The van der Waals surface area contributed by atoms with Crippen LogP contribution in [0.3, 0.4) is 0 Å². The molecule has 0 N–H and O–H groups in total. The smallest absolute Gasteiger partial charge is 0.343 e. The number of methoxy groups -OCH3 is 2. The summed E-state index contributed by atoms with van der Waals surface area (Å²) >= 11 is 0. The Kier molecular flexibility index (Phi) is 6.59. The van der Waals surface area contributed by atoms with Gasteiger partial charge in [-0.1, -0.05) is 6.92 Å². The van der Waals surface area contributed by atoms with Gasteiger partial charge in [-0.15, -0.1) is 0 Å². The van der Waals surface area contributed by atoms with Gasteiger partial charge >= 0.3 is 5.97 Å². The molecule has 0 saturated carbocycles. The number of fused-ring (bicyclic) bond motifs is 3. The standard InChI is InChI=1S/C22H27NO6/c1-5-15-9-14-10-21(29-8-7-26-3)20(27-4)11-16(14)18-12-19(24)17(13-23(15)18)22(25)28-6-2/h10-13,15H,5-9H2,1-4H3. The molecule has 0 bridgehead atoms. The first kappa shape index (κ1) is 20.9. The fourth-order valence-corrected chi connectivity index (χ4v) is 3.64. The molecule has 0 amide bonds. The zero-order chi connectivity index (χ0) is 21.0. The minimum absolute atomic E-state index is 0.0592. The van der Waals surface area contributed by atoms with Crippen molar-refractivity contribution in [3.63, 3.8) is 0 Å². The fraction of sp³-hybridized carbons (Fsp3) is 0.455. The van der Waals surface area contributed by atoms with E-state index in [1.54, 1.807) is 27.3 Å². The average molecular weight is 401 g/mol. The molecule has 156 valence electrons. The molecule has 7 heteroatoms. The average Bonchev–Trinajstić information content (AvgIpc) is 2.72. The summed E-state index contributed by atoms with van der Waals surface area (Å²) in [4.78, 5) is 24.8. The van der Waals surface area contributed by atoms with Crippen molar-refractivity contribution in [2.24, 2.45) is 0 Å². The Morgan fingerprint density at radius 2 is 1.93 bits per heavy atom. The van der Waals surface area contributed by atoms with Gasteiger partial charge in [0.1, 0.15) is 12.2 Å². The summed E-state index contributed by atoms with van der Waals surface area (Å²) in [6, 6.07) is 5.49. The van der Waals surface area contributed by atoms with Crippen LogP contribution in [0.1, 0.15) is 42.2 Å². The highest BCUT2D eigenvalue weighted by atomic mass is 16.5. The Labute approximate surface area is 170 Å². The molecule has 0 radical (unpaired) electrons. The number of nitrogens with zero attached hydrogens (tertiary/aromatic N) is 1. The Morgan fingerprint density at radius 3 is 2.59 bits per heavy atom. The molecule has 0 spiro atoms. The highest BCUT2D eigenvalue weighted by Crippen LogP contribution is 2.41. The van der Waals surface area contributed by atoms with Gasteiger partial charge < -0.3 is 23.5 Å². The van der Waals surface area contributed by atoms with Gasteiger partial charge in [-0.3, -0.25) is 4.79 Å². The topological polar surface area (TPSA) is 76.0 Å². The monoisotopic (exact) mass is 401 g/mol. The van der Waals surface area contributed by atoms with E-state index in [1.807, 2.05) is 16.7 Å². The largest absolute Gasteiger partial charge is 0.493 e. The normalized spacial score (nSPS) is 14.7. The maximum atomic E-state index is 12.6. The van der Waals surface area contributed by atoms with E-state index >= 15 is 0 Å². The second-order valence-corrected chi connectivity index (χ2v) is 6.83. The van der Waals surface area contributed by atoms with Crippen LogP contribution in [0.4, 0.5) is 0 Å². The third-order valence-electron chi connectivity index (χ3n) is 5.11. The minimum Gasteiger partial charge on any atom is -0.493 e. The van der Waals surface area contributed by atoms with Crippen molar-refractivity contribution in [3.8, 4) is 22.8 Å². The van der Waals surface area contributed by atoms with Gasteiger partial charge in [0.25, 0.3) is 0 Å². The third kappa shape index (κ3) is 4.15. The third-order valence-corrected chi connectivity index (χ3v) is 5.11. The molecule has 1 aliphatic rings. The molecule has 1 unspecified atom stereocenters. The molecule has 1 aromatic heterocycles. The maximum absolute atomic E-state index is 12.6. The Hall–Kier alpha value is -2.80. The molecule has 2 heterocycles. The number of aromatic nitrogens is 1. The van der Waals surface area contributed by atoms with Crippen LogP contribution in [0.2, 0.25) is 0 Å². The van der Waals surface area contributed by atoms with Crippen LogP contribution in [0.5, 0.6) is 11.5 Å². The minimum atomic E-state index is -0.590. The number of hydrogen-bond acceptors (Lipinski definition) is 6. The van der Waals surface area contributed by atoms with Crippen molar-refractivity contribution in [2.75, 3.05) is 34.0 Å². The van der Waals surface area contributed by atoms with Gasteiger partial charge in [0.15, 0.2) is 16.9 Å². The summed E-state index contributed by atoms with van der Waals surface area (Å²) in [6.07, 6.45) is 3.24. The Balaban J connectivity index is 2.10. The number of hydrogen-bond donors (Lipinski definition) is 0. The number of esters is 1. The molecule has 1 atom stereocenters. The van der Waals surface area contributed by atoms with Crippen LogP contribution in [-0.4, -0.2) is 44.6 Å². The first-order valence-corrected chi connectivity index (χ1v) is 9.80. The molecular weight excluding hydrogens is 374 g/mol. The summed E-state index contributed by atoms with van der Waals surface area (Å²) in [6.45, 7) is 4.93. The lowest BCUT2D eigenvalue weighted by Gasteiger charge is -2.31. The number of carbonyl (C=O) groups is 1. The molecular formula is C22H27NO6. The van der Waals surface area contributed by atoms with E-state index in [0.717, 1.165) is 29.7 Å². The first-order chi connectivity index (χ1) is 14.0. The Bertz CT molecular complexity index is 949. The lowest BCUT2D eigenvalue weighted by atomic mass is 9.90. The molecule has 0 fully saturated rings. The molecule has 1 aliphatic heterocycles. The lowest BCUT2D eigenvalue weighted by molar-refractivity contribution is 0.0523. The van der Waals surface area contributed by atoms with Crippen molar-refractivity contribution in [1.82, 2.24) is 4.57 Å². The molecule has 29 heavy (non-hydrogen) atoms. The number of benzene rings is 1. The second-order valence-electron chi connectivity index (χ2n) is 6.83. The van der Waals surface area contributed by atoms with Gasteiger partial charge in [-0.05, 0) is 37.5 Å². The van der Waals surface area contributed by atoms with Crippen LogP contribution in [-0.2, 0) is 15.9 Å². The summed E-state index contributed by atoms with van der Waals surface area (Å²) in [7, 11) is 3.21. The van der Waals surface area contributed by atoms with Crippen LogP contribution >= 0.6 is 0 Å². The van der Waals surface area contributed by atoms with Crippen LogP contribution < -0.4 is 14.9 Å². The van der Waals surface area contributed by atoms with Crippen molar-refractivity contribution < 1.29 is 23.7 Å². The van der Waals surface area contributed by atoms with E-state index in [1.165, 1.54) is 6.07 Å². The molecule has 3 rings (SSSR count). The second kappa shape index (κ2) is 9.13. The maximum Gasteiger partial charge on any atom is 0.343 e. The molecule has 0 aliphatic carbocycles. The van der Waals surface area contributed by atoms with Gasteiger partial charge in [-0.25, -0.2) is 4.79 Å². The van der Waals surface area contributed by atoms with E-state index in [2.05, 4.69) is 6.92 Å². The van der Waals surface area contributed by atoms with Crippen molar-refractivity contribution >= 4 is 5.97 Å². The number of rotatable bonds is 8. The quantitative estimate of drug-likeness (QED) is 0.499. The van der Waals surface area contributed by atoms with E-state index in [-0.39, 0.29) is 23.6 Å². The van der Waals surface area contributed by atoms with Gasteiger partial charge in [0, 0.05) is 31.0 Å². The molecule has 1 aromatic carbocycles. The van der Waals surface area contributed by atoms with Crippen molar-refractivity contribution in [3.05, 3.63) is 45.7 Å². The summed E-state index contributed by atoms with van der Waals surface area (Å²) in [5.41, 5.74) is 2.45.